The van der Waals surface area contributed by atoms with E-state index in [1.165, 1.54) is 12.1 Å². The SMILES string of the molecule is Nc1ccc(C(=O)O)c([O-])c1.[NH4+]. The van der Waals surface area contributed by atoms with Gasteiger partial charge < -0.3 is 22.1 Å². The van der Waals surface area contributed by atoms with E-state index in [1.54, 1.807) is 0 Å². The summed E-state index contributed by atoms with van der Waals surface area (Å²) in [5.74, 6) is -1.78. The van der Waals surface area contributed by atoms with Gasteiger partial charge in [0.25, 0.3) is 0 Å². The summed E-state index contributed by atoms with van der Waals surface area (Å²) in [6.07, 6.45) is 0. The molecule has 1 rings (SSSR count). The van der Waals surface area contributed by atoms with Crippen molar-refractivity contribution in [2.45, 2.75) is 0 Å². The monoisotopic (exact) mass is 170 g/mol. The molecule has 12 heavy (non-hydrogen) atoms. The molecule has 5 nitrogen and oxygen atoms in total. The number of anilines is 1. The molecule has 1 aromatic carbocycles. The summed E-state index contributed by atoms with van der Waals surface area (Å²) in [6.45, 7) is 0. The molecular weight excluding hydrogens is 160 g/mol. The minimum atomic E-state index is -1.23. The highest BCUT2D eigenvalue weighted by atomic mass is 16.4. The molecule has 1 aromatic rings. The number of carboxylic acid groups (broad SMARTS) is 1. The second kappa shape index (κ2) is 3.59. The van der Waals surface area contributed by atoms with Gasteiger partial charge in [-0.25, -0.2) is 4.79 Å². The number of carbonyl (C=O) groups is 1. The van der Waals surface area contributed by atoms with Gasteiger partial charge in [0.1, 0.15) is 0 Å². The number of nitrogens with two attached hydrogens (primary N) is 1. The van der Waals surface area contributed by atoms with Gasteiger partial charge in [-0.05, 0) is 18.2 Å². The first-order valence-corrected chi connectivity index (χ1v) is 2.91. The van der Waals surface area contributed by atoms with Crippen molar-refractivity contribution in [2.24, 2.45) is 0 Å². The zero-order valence-electron chi connectivity index (χ0n) is 6.57. The Bertz CT molecular complexity index is 299. The van der Waals surface area contributed by atoms with Crippen LogP contribution in [0.25, 0.3) is 0 Å². The van der Waals surface area contributed by atoms with Crippen LogP contribution in [0.1, 0.15) is 10.4 Å². The minimum absolute atomic E-state index is 0. The van der Waals surface area contributed by atoms with Crippen molar-refractivity contribution in [3.63, 3.8) is 0 Å². The average Bonchev–Trinajstić information content (AvgIpc) is 1.85. The number of aromatic carboxylic acids is 1. The molecule has 0 aliphatic rings. The zero-order valence-corrected chi connectivity index (χ0v) is 6.57. The predicted molar refractivity (Wildman–Crippen MR) is 43.2 cm³/mol. The van der Waals surface area contributed by atoms with Crippen LogP contribution in [0.4, 0.5) is 5.69 Å². The molecule has 0 fully saturated rings. The Morgan fingerprint density at radius 2 is 2.08 bits per heavy atom. The van der Waals surface area contributed by atoms with Crippen molar-refractivity contribution in [1.29, 1.82) is 0 Å². The van der Waals surface area contributed by atoms with E-state index in [1.807, 2.05) is 0 Å². The molecule has 0 aromatic heterocycles. The highest BCUT2D eigenvalue weighted by Crippen LogP contribution is 2.16. The van der Waals surface area contributed by atoms with Gasteiger partial charge in [-0.1, -0.05) is 5.75 Å². The third-order valence-corrected chi connectivity index (χ3v) is 1.24. The van der Waals surface area contributed by atoms with Crippen molar-refractivity contribution < 1.29 is 15.0 Å². The molecule has 0 saturated heterocycles. The molecule has 0 aliphatic carbocycles. The van der Waals surface area contributed by atoms with Crippen LogP contribution >= 0.6 is 0 Å². The van der Waals surface area contributed by atoms with Crippen LogP contribution in [0.15, 0.2) is 18.2 Å². The molecule has 0 aliphatic heterocycles. The highest BCUT2D eigenvalue weighted by Gasteiger charge is 2.01. The lowest BCUT2D eigenvalue weighted by atomic mass is 10.2. The summed E-state index contributed by atoms with van der Waals surface area (Å²) in [5, 5.41) is 19.2. The van der Waals surface area contributed by atoms with Crippen molar-refractivity contribution in [2.75, 3.05) is 5.73 Å². The van der Waals surface area contributed by atoms with Crippen LogP contribution in [-0.2, 0) is 0 Å². The molecule has 0 atom stereocenters. The van der Waals surface area contributed by atoms with Crippen molar-refractivity contribution in [3.05, 3.63) is 23.8 Å². The standard InChI is InChI=1S/C7H7NO3.H3N/c8-4-1-2-5(7(10)11)6(9)3-4;/h1-3,9H,8H2,(H,10,11);1H3. The maximum Gasteiger partial charge on any atom is 0.335 e. The van der Waals surface area contributed by atoms with Gasteiger partial charge in [0.05, 0.1) is 5.56 Å². The molecule has 66 valence electrons. The van der Waals surface area contributed by atoms with Crippen molar-refractivity contribution in [1.82, 2.24) is 6.15 Å². The van der Waals surface area contributed by atoms with Gasteiger partial charge in [-0.2, -0.15) is 0 Å². The predicted octanol–water partition coefficient (Wildman–Crippen LogP) is 0.417. The zero-order chi connectivity index (χ0) is 8.43. The molecular formula is C7H10N2O3. The molecule has 0 heterocycles. The summed E-state index contributed by atoms with van der Waals surface area (Å²) < 4.78 is 0. The number of rotatable bonds is 1. The first-order valence-electron chi connectivity index (χ1n) is 2.91. The minimum Gasteiger partial charge on any atom is -0.872 e. The number of carboxylic acids is 1. The number of nitrogen functional groups attached to an aromatic ring is 1. The van der Waals surface area contributed by atoms with Crippen LogP contribution in [0.3, 0.4) is 0 Å². The molecule has 7 N–H and O–H groups in total. The summed E-state index contributed by atoms with van der Waals surface area (Å²) >= 11 is 0. The summed E-state index contributed by atoms with van der Waals surface area (Å²) in [6, 6.07) is 3.66. The number of hydrogen-bond acceptors (Lipinski definition) is 3. The van der Waals surface area contributed by atoms with Crippen LogP contribution < -0.4 is 17.0 Å². The topological polar surface area (TPSA) is 123 Å². The quantitative estimate of drug-likeness (QED) is 0.528. The first kappa shape index (κ1) is 10.2. The molecule has 0 unspecified atom stereocenters. The second-order valence-corrected chi connectivity index (χ2v) is 2.06. The third-order valence-electron chi connectivity index (χ3n) is 1.24. The summed E-state index contributed by atoms with van der Waals surface area (Å²) in [4.78, 5) is 10.3. The van der Waals surface area contributed by atoms with E-state index in [2.05, 4.69) is 0 Å². The third kappa shape index (κ3) is 1.86. The Balaban J connectivity index is 0.00000121. The number of quaternary nitrogens is 1. The normalized spacial score (nSPS) is 8.67. The van der Waals surface area contributed by atoms with Gasteiger partial charge in [0.2, 0.25) is 0 Å². The Morgan fingerprint density at radius 3 is 2.50 bits per heavy atom. The Labute approximate surface area is 69.0 Å². The van der Waals surface area contributed by atoms with Crippen molar-refractivity contribution >= 4 is 11.7 Å². The fourth-order valence-electron chi connectivity index (χ4n) is 0.716. The molecule has 0 bridgehead atoms. The van der Waals surface area contributed by atoms with E-state index >= 15 is 0 Å². The van der Waals surface area contributed by atoms with Gasteiger partial charge in [-0.15, -0.1) is 0 Å². The number of benzene rings is 1. The van der Waals surface area contributed by atoms with E-state index in [0.717, 1.165) is 6.07 Å². The lowest BCUT2D eigenvalue weighted by Gasteiger charge is -2.09. The van der Waals surface area contributed by atoms with E-state index in [9.17, 15) is 9.90 Å². The Hall–Kier alpha value is -1.75. The van der Waals surface area contributed by atoms with Crippen LogP contribution in [0.2, 0.25) is 0 Å². The lowest BCUT2D eigenvalue weighted by Crippen LogP contribution is -2.04. The Kier molecular flexibility index (Phi) is 3.06. The Morgan fingerprint density at radius 1 is 1.50 bits per heavy atom. The van der Waals surface area contributed by atoms with Gasteiger partial charge in [-0.3, -0.25) is 0 Å². The maximum absolute atomic E-state index is 10.8. The van der Waals surface area contributed by atoms with E-state index < -0.39 is 11.7 Å². The summed E-state index contributed by atoms with van der Waals surface area (Å²) in [7, 11) is 0. The van der Waals surface area contributed by atoms with Crippen LogP contribution in [-0.4, -0.2) is 11.1 Å². The first-order chi connectivity index (χ1) is 5.11. The second-order valence-electron chi connectivity index (χ2n) is 2.06. The van der Waals surface area contributed by atoms with Gasteiger partial charge in [0, 0.05) is 5.69 Å². The molecule has 0 saturated carbocycles. The lowest BCUT2D eigenvalue weighted by molar-refractivity contribution is -0.268. The largest absolute Gasteiger partial charge is 0.872 e. The highest BCUT2D eigenvalue weighted by molar-refractivity contribution is 5.91. The average molecular weight is 170 g/mol. The van der Waals surface area contributed by atoms with Crippen molar-refractivity contribution in [3.8, 4) is 5.75 Å². The van der Waals surface area contributed by atoms with Crippen LogP contribution in [0, 0.1) is 0 Å². The number of hydrogen-bond donors (Lipinski definition) is 3. The van der Waals surface area contributed by atoms with Crippen LogP contribution in [0.5, 0.6) is 5.75 Å². The smallest absolute Gasteiger partial charge is 0.335 e. The van der Waals surface area contributed by atoms with E-state index in [-0.39, 0.29) is 17.4 Å². The molecule has 5 heteroatoms. The molecule has 0 amide bonds. The fraction of sp³-hybridized carbons (Fsp3) is 0. The van der Waals surface area contributed by atoms with Gasteiger partial charge in [0.15, 0.2) is 0 Å². The molecule has 0 radical (unpaired) electrons. The maximum atomic E-state index is 10.8. The molecule has 0 spiro atoms. The van der Waals surface area contributed by atoms with E-state index in [4.69, 9.17) is 10.8 Å². The fourth-order valence-corrected chi connectivity index (χ4v) is 0.716. The van der Waals surface area contributed by atoms with E-state index in [0.29, 0.717) is 0 Å². The van der Waals surface area contributed by atoms with Gasteiger partial charge >= 0.3 is 5.97 Å². The summed E-state index contributed by atoms with van der Waals surface area (Å²) in [5.41, 5.74) is 5.26.